The third-order valence-corrected chi connectivity index (χ3v) is 0.887. The molecule has 0 aliphatic heterocycles. The summed E-state index contributed by atoms with van der Waals surface area (Å²) >= 11 is 0. The number of rotatable bonds is 2. The Kier molecular flexibility index (Phi) is 15.1. The summed E-state index contributed by atoms with van der Waals surface area (Å²) < 4.78 is 7.70. The van der Waals surface area contributed by atoms with Gasteiger partial charge in [-0.3, -0.25) is 0 Å². The van der Waals surface area contributed by atoms with Gasteiger partial charge in [0.05, 0.1) is 0 Å². The Hall–Kier alpha value is -1.70. The fourth-order valence-corrected chi connectivity index (χ4v) is 0.349. The molecule has 9 nitrogen and oxygen atoms in total. The number of ether oxygens (including phenoxy) is 2. The molecule has 3 N–H and O–H groups in total. The van der Waals surface area contributed by atoms with Crippen molar-refractivity contribution in [2.24, 2.45) is 0 Å². The summed E-state index contributed by atoms with van der Waals surface area (Å²) in [6.45, 7) is 5.98. The van der Waals surface area contributed by atoms with Gasteiger partial charge in [-0.15, -0.1) is 0 Å². The number of hydrogen-bond acceptors (Lipinski definition) is 9. The van der Waals surface area contributed by atoms with Crippen molar-refractivity contribution >= 4 is 31.2 Å². The van der Waals surface area contributed by atoms with E-state index in [-0.39, 0.29) is 20.3 Å². The molecule has 0 heterocycles. The van der Waals surface area contributed by atoms with Gasteiger partial charge >= 0.3 is 50.1 Å². The van der Waals surface area contributed by atoms with Gasteiger partial charge in [0, 0.05) is 12.2 Å². The van der Waals surface area contributed by atoms with Crippen molar-refractivity contribution in [2.75, 3.05) is 0 Å². The summed E-state index contributed by atoms with van der Waals surface area (Å²) in [6.07, 6.45) is 1.36. The van der Waals surface area contributed by atoms with Gasteiger partial charge in [0.1, 0.15) is 0 Å². The van der Waals surface area contributed by atoms with E-state index in [0.717, 1.165) is 0 Å². The molecule has 11 heteroatoms. The van der Waals surface area contributed by atoms with E-state index in [1.807, 2.05) is 0 Å². The molecule has 0 aromatic heterocycles. The average molecular weight is 268 g/mol. The predicted octanol–water partition coefficient (Wildman–Crippen LogP) is -5.44. The van der Waals surface area contributed by atoms with Gasteiger partial charge in [-0.05, 0) is 0 Å². The number of carbonyl (C=O) groups excluding carboxylic acids is 4. The van der Waals surface area contributed by atoms with E-state index >= 15 is 0 Å². The maximum absolute atomic E-state index is 10.6. The monoisotopic (exact) mass is 268 g/mol. The molecule has 0 saturated carbocycles. The van der Waals surface area contributed by atoms with Crippen LogP contribution >= 0.6 is 0 Å². The third kappa shape index (κ3) is 16.3. The Morgan fingerprint density at radius 3 is 1.26 bits per heavy atom. The zero-order valence-corrected chi connectivity index (χ0v) is 9.94. The molecule has 100 valence electrons. The van der Waals surface area contributed by atoms with Crippen molar-refractivity contribution in [1.82, 2.24) is 0 Å². The molecule has 0 fully saturated rings. The Balaban J connectivity index is -0.000000188. The Labute approximate surface area is 121 Å². The summed E-state index contributed by atoms with van der Waals surface area (Å²) in [5, 5.41) is 21.5. The molecule has 0 aromatic rings. The minimum atomic E-state index is -2.17. The van der Waals surface area contributed by atoms with Crippen molar-refractivity contribution in [1.29, 1.82) is 0 Å². The summed E-state index contributed by atoms with van der Waals surface area (Å²) in [7, 11) is -2.17. The Bertz CT molecular complexity index is 336. The second-order valence-electron chi connectivity index (χ2n) is 2.17. The van der Waals surface area contributed by atoms with Gasteiger partial charge in [0.15, 0.2) is 0 Å². The third-order valence-electron chi connectivity index (χ3n) is 0.887. The molecule has 0 aliphatic carbocycles. The number of carbonyl (C=O) groups is 4. The van der Waals surface area contributed by atoms with E-state index in [1.165, 1.54) is 0 Å². The van der Waals surface area contributed by atoms with E-state index in [0.29, 0.717) is 12.2 Å². The molecule has 0 radical (unpaired) electrons. The first-order valence-corrected chi connectivity index (χ1v) is 4.05. The van der Waals surface area contributed by atoms with Crippen molar-refractivity contribution < 1.29 is 64.0 Å². The van der Waals surface area contributed by atoms with Crippen LogP contribution in [0.4, 0.5) is 0 Å². The van der Waals surface area contributed by atoms with Crippen LogP contribution in [-0.4, -0.2) is 46.3 Å². The molecular formula is C8H10BLiO9. The average Bonchev–Trinajstić information content (AvgIpc) is 2.27. The minimum absolute atomic E-state index is 0. The fraction of sp³-hybridized carbons (Fsp3) is 0. The minimum Gasteiger partial charge on any atom is -1.00 e. The van der Waals surface area contributed by atoms with Crippen molar-refractivity contribution in [3.8, 4) is 0 Å². The first-order chi connectivity index (χ1) is 8.24. The molecule has 0 bridgehead atoms. The van der Waals surface area contributed by atoms with Crippen molar-refractivity contribution in [2.45, 2.75) is 0 Å². The summed E-state index contributed by atoms with van der Waals surface area (Å²) in [5.41, 5.74) is 0. The molecular weight excluding hydrogens is 258 g/mol. The van der Waals surface area contributed by atoms with Crippen LogP contribution in [0.25, 0.3) is 0 Å². The number of esters is 4. The molecule has 0 aromatic carbocycles. The first-order valence-electron chi connectivity index (χ1n) is 4.05. The molecule has 19 heavy (non-hydrogen) atoms. The zero-order chi connectivity index (χ0) is 14.7. The zero-order valence-electron chi connectivity index (χ0n) is 10.9. The molecule has 0 rings (SSSR count). The van der Waals surface area contributed by atoms with Gasteiger partial charge in [0.2, 0.25) is 0 Å². The second kappa shape index (κ2) is 12.8. The SMILES string of the molecule is C=CC(=O)OC(=O)C(=O)OC(=O)C=C.OB(O)O.[H-].[Li+]. The summed E-state index contributed by atoms with van der Waals surface area (Å²) in [5.74, 6) is -5.41. The number of hydrogen-bond donors (Lipinski definition) is 3. The van der Waals surface area contributed by atoms with E-state index in [2.05, 4.69) is 22.6 Å². The van der Waals surface area contributed by atoms with E-state index in [4.69, 9.17) is 15.1 Å². The predicted molar refractivity (Wildman–Crippen MR) is 56.1 cm³/mol. The molecule has 0 saturated heterocycles. The van der Waals surface area contributed by atoms with Crippen LogP contribution in [0, 0.1) is 0 Å². The van der Waals surface area contributed by atoms with Crippen LogP contribution in [0.2, 0.25) is 0 Å². The molecule has 0 atom stereocenters. The standard InChI is InChI=1S/C8H6O6.BH3O3.Li.H/c1-3-5(9)13-7(11)8(12)14-6(10)4-2;2-1(3)4;;/h3-4H,1-2H2;2-4H;;/q;;+1;-1. The molecule has 0 amide bonds. The van der Waals surface area contributed by atoms with Crippen LogP contribution in [0.1, 0.15) is 1.43 Å². The molecule has 0 aliphatic rings. The van der Waals surface area contributed by atoms with Gasteiger partial charge in [-0.25, -0.2) is 19.2 Å². The van der Waals surface area contributed by atoms with E-state index in [9.17, 15) is 19.2 Å². The van der Waals surface area contributed by atoms with Crippen molar-refractivity contribution in [3.05, 3.63) is 25.3 Å². The fourth-order valence-electron chi connectivity index (χ4n) is 0.349. The molecule has 0 spiro atoms. The largest absolute Gasteiger partial charge is 1.00 e. The van der Waals surface area contributed by atoms with Gasteiger partial charge in [0.25, 0.3) is 0 Å². The van der Waals surface area contributed by atoms with Gasteiger partial charge in [-0.2, -0.15) is 0 Å². The van der Waals surface area contributed by atoms with Gasteiger partial charge < -0.3 is 26.0 Å². The molecule has 0 unspecified atom stereocenters. The van der Waals surface area contributed by atoms with Crippen LogP contribution < -0.4 is 18.9 Å². The smallest absolute Gasteiger partial charge is 1.00 e. The quantitative estimate of drug-likeness (QED) is 0.147. The van der Waals surface area contributed by atoms with Crippen LogP contribution in [0.15, 0.2) is 25.3 Å². The maximum atomic E-state index is 10.6. The summed E-state index contributed by atoms with van der Waals surface area (Å²) in [6, 6.07) is 0. The topological polar surface area (TPSA) is 147 Å². The summed E-state index contributed by atoms with van der Waals surface area (Å²) in [4.78, 5) is 42.0. The van der Waals surface area contributed by atoms with Crippen LogP contribution in [-0.2, 0) is 28.7 Å². The van der Waals surface area contributed by atoms with Crippen LogP contribution in [0.3, 0.4) is 0 Å². The Morgan fingerprint density at radius 1 is 0.895 bits per heavy atom. The maximum Gasteiger partial charge on any atom is 1.00 e. The Morgan fingerprint density at radius 2 is 1.11 bits per heavy atom. The van der Waals surface area contributed by atoms with E-state index in [1.54, 1.807) is 0 Å². The normalized spacial score (nSPS) is 7.53. The van der Waals surface area contributed by atoms with E-state index < -0.39 is 31.2 Å². The van der Waals surface area contributed by atoms with Crippen LogP contribution in [0.5, 0.6) is 0 Å². The second-order valence-corrected chi connectivity index (χ2v) is 2.17. The van der Waals surface area contributed by atoms with Crippen molar-refractivity contribution in [3.63, 3.8) is 0 Å². The van der Waals surface area contributed by atoms with Gasteiger partial charge in [-0.1, -0.05) is 13.2 Å². The first kappa shape index (κ1) is 22.5.